The second-order valence-corrected chi connectivity index (χ2v) is 8.79. The number of rotatable bonds is 5. The Kier molecular flexibility index (Phi) is 5.61. The van der Waals surface area contributed by atoms with Gasteiger partial charge in [0, 0.05) is 38.5 Å². The molecule has 2 aromatic heterocycles. The van der Waals surface area contributed by atoms with E-state index in [1.54, 1.807) is 19.3 Å². The minimum absolute atomic E-state index is 0.0413. The molecule has 2 saturated heterocycles. The summed E-state index contributed by atoms with van der Waals surface area (Å²) in [6.07, 6.45) is 3.81. The van der Waals surface area contributed by atoms with Gasteiger partial charge in [0.05, 0.1) is 22.8 Å². The number of carbonyl (C=O) groups is 1. The first-order valence-electron chi connectivity index (χ1n) is 11.2. The first-order valence-corrected chi connectivity index (χ1v) is 11.2. The van der Waals surface area contributed by atoms with E-state index in [1.165, 1.54) is 0 Å². The highest BCUT2D eigenvalue weighted by Gasteiger charge is 2.31. The molecule has 1 amide bonds. The van der Waals surface area contributed by atoms with Crippen molar-refractivity contribution in [2.75, 3.05) is 44.7 Å². The molecule has 0 radical (unpaired) electrons. The summed E-state index contributed by atoms with van der Waals surface area (Å²) < 4.78 is 0. The Morgan fingerprint density at radius 2 is 1.94 bits per heavy atom. The number of hydrogen-bond donors (Lipinski definition) is 2. The molecule has 8 heteroatoms. The summed E-state index contributed by atoms with van der Waals surface area (Å²) in [6.45, 7) is 5.18. The molecule has 2 fully saturated rings. The van der Waals surface area contributed by atoms with Crippen LogP contribution in [0.1, 0.15) is 35.1 Å². The molecule has 0 atom stereocenters. The number of piperidine rings is 1. The molecule has 0 aliphatic carbocycles. The summed E-state index contributed by atoms with van der Waals surface area (Å²) in [5.74, 6) is 1.62. The number of aromatic amines is 1. The van der Waals surface area contributed by atoms with Crippen molar-refractivity contribution in [3.63, 3.8) is 0 Å². The third-order valence-corrected chi connectivity index (χ3v) is 6.65. The van der Waals surface area contributed by atoms with Crippen LogP contribution in [0.2, 0.25) is 0 Å². The lowest BCUT2D eigenvalue weighted by Gasteiger charge is -2.44. The zero-order valence-corrected chi connectivity index (χ0v) is 18.3. The Hall–Kier alpha value is -3.26. The van der Waals surface area contributed by atoms with Crippen molar-refractivity contribution in [3.8, 4) is 0 Å². The Bertz CT molecular complexity index is 1160. The highest BCUT2D eigenvalue weighted by atomic mass is 16.1. The van der Waals surface area contributed by atoms with Gasteiger partial charge in [-0.25, -0.2) is 9.97 Å². The van der Waals surface area contributed by atoms with Gasteiger partial charge in [-0.3, -0.25) is 9.59 Å². The maximum atomic E-state index is 12.4. The number of benzene rings is 1. The molecule has 2 aliphatic heterocycles. The third kappa shape index (κ3) is 4.10. The number of amides is 1. The lowest BCUT2D eigenvalue weighted by Crippen LogP contribution is -2.52. The Balaban J connectivity index is 1.12. The molecule has 0 unspecified atom stereocenters. The van der Waals surface area contributed by atoms with Gasteiger partial charge in [0.2, 0.25) is 0 Å². The molecule has 166 valence electrons. The lowest BCUT2D eigenvalue weighted by atomic mass is 9.93. The van der Waals surface area contributed by atoms with E-state index in [4.69, 9.17) is 4.98 Å². The van der Waals surface area contributed by atoms with Gasteiger partial charge in [-0.2, -0.15) is 0 Å². The standard InChI is InChI=1S/C24H28N6O2/c1-25-24(32)21-7-6-18(12-26-21)30-14-16(15-30)13-29-10-8-17(9-11-29)22-27-20-5-3-2-4-19(20)23(31)28-22/h2-7,12,16-17H,8-11,13-15H2,1H3,(H,25,32)(H,27,28,31). The summed E-state index contributed by atoms with van der Waals surface area (Å²) >= 11 is 0. The third-order valence-electron chi connectivity index (χ3n) is 6.65. The minimum Gasteiger partial charge on any atom is -0.369 e. The average Bonchev–Trinajstić information content (AvgIpc) is 2.81. The number of para-hydroxylation sites is 1. The predicted octanol–water partition coefficient (Wildman–Crippen LogP) is 1.99. The van der Waals surface area contributed by atoms with Crippen molar-refractivity contribution >= 4 is 22.5 Å². The van der Waals surface area contributed by atoms with Crippen LogP contribution in [0, 0.1) is 5.92 Å². The molecule has 8 nitrogen and oxygen atoms in total. The van der Waals surface area contributed by atoms with Crippen molar-refractivity contribution in [2.45, 2.75) is 18.8 Å². The van der Waals surface area contributed by atoms with Crippen LogP contribution in [-0.4, -0.2) is 65.5 Å². The van der Waals surface area contributed by atoms with Gasteiger partial charge in [-0.15, -0.1) is 0 Å². The second kappa shape index (κ2) is 8.70. The number of nitrogens with zero attached hydrogens (tertiary/aromatic N) is 4. The molecule has 1 aromatic carbocycles. The smallest absolute Gasteiger partial charge is 0.269 e. The molecule has 0 spiro atoms. The number of likely N-dealkylation sites (tertiary alicyclic amines) is 1. The highest BCUT2D eigenvalue weighted by molar-refractivity contribution is 5.92. The lowest BCUT2D eigenvalue weighted by molar-refractivity contribution is 0.0958. The summed E-state index contributed by atoms with van der Waals surface area (Å²) in [5, 5.41) is 3.25. The number of aromatic nitrogens is 3. The Morgan fingerprint density at radius 1 is 1.16 bits per heavy atom. The molecule has 3 aromatic rings. The number of pyridine rings is 1. The number of nitrogens with one attached hydrogen (secondary N) is 2. The number of H-pyrrole nitrogens is 1. The minimum atomic E-state index is -0.163. The van der Waals surface area contributed by atoms with E-state index in [0.717, 1.165) is 62.6 Å². The fraction of sp³-hybridized carbons (Fsp3) is 0.417. The van der Waals surface area contributed by atoms with Crippen molar-refractivity contribution in [3.05, 3.63) is 64.5 Å². The number of fused-ring (bicyclic) bond motifs is 1. The molecule has 2 aliphatic rings. The van der Waals surface area contributed by atoms with Crippen molar-refractivity contribution in [1.82, 2.24) is 25.2 Å². The van der Waals surface area contributed by atoms with E-state index in [0.29, 0.717) is 22.9 Å². The largest absolute Gasteiger partial charge is 0.369 e. The normalized spacial score (nSPS) is 18.0. The SMILES string of the molecule is CNC(=O)c1ccc(N2CC(CN3CCC(c4nc5ccccc5c(=O)[nH]4)CC3)C2)cn1. The van der Waals surface area contributed by atoms with Crippen molar-refractivity contribution in [2.24, 2.45) is 5.92 Å². The average molecular weight is 433 g/mol. The van der Waals surface area contributed by atoms with Crippen LogP contribution in [0.4, 0.5) is 5.69 Å². The van der Waals surface area contributed by atoms with Gasteiger partial charge in [0.1, 0.15) is 11.5 Å². The van der Waals surface area contributed by atoms with Crippen molar-refractivity contribution < 1.29 is 4.79 Å². The molecular formula is C24H28N6O2. The van der Waals surface area contributed by atoms with Crippen LogP contribution >= 0.6 is 0 Å². The quantitative estimate of drug-likeness (QED) is 0.640. The molecule has 32 heavy (non-hydrogen) atoms. The van der Waals surface area contributed by atoms with E-state index in [-0.39, 0.29) is 11.5 Å². The Labute approximate surface area is 186 Å². The number of anilines is 1. The maximum Gasteiger partial charge on any atom is 0.269 e. The summed E-state index contributed by atoms with van der Waals surface area (Å²) in [5.41, 5.74) is 2.25. The van der Waals surface area contributed by atoms with Gasteiger partial charge in [-0.05, 0) is 50.2 Å². The fourth-order valence-electron chi connectivity index (χ4n) is 4.78. The molecule has 0 saturated carbocycles. The van der Waals surface area contributed by atoms with E-state index in [1.807, 2.05) is 30.3 Å². The topological polar surface area (TPSA) is 94.2 Å². The second-order valence-electron chi connectivity index (χ2n) is 8.79. The van der Waals surface area contributed by atoms with Gasteiger partial charge < -0.3 is 20.1 Å². The van der Waals surface area contributed by atoms with Gasteiger partial charge in [0.25, 0.3) is 11.5 Å². The monoisotopic (exact) mass is 432 g/mol. The predicted molar refractivity (Wildman–Crippen MR) is 124 cm³/mol. The van der Waals surface area contributed by atoms with Crippen LogP contribution in [0.25, 0.3) is 10.9 Å². The molecular weight excluding hydrogens is 404 g/mol. The van der Waals surface area contributed by atoms with Gasteiger partial charge in [-0.1, -0.05) is 12.1 Å². The van der Waals surface area contributed by atoms with E-state index >= 15 is 0 Å². The van der Waals surface area contributed by atoms with E-state index < -0.39 is 0 Å². The zero-order valence-electron chi connectivity index (χ0n) is 18.3. The van der Waals surface area contributed by atoms with E-state index in [9.17, 15) is 9.59 Å². The van der Waals surface area contributed by atoms with Gasteiger partial charge >= 0.3 is 0 Å². The summed E-state index contributed by atoms with van der Waals surface area (Å²) in [6, 6.07) is 11.3. The fourth-order valence-corrected chi connectivity index (χ4v) is 4.78. The van der Waals surface area contributed by atoms with Crippen LogP contribution in [0.15, 0.2) is 47.4 Å². The highest BCUT2D eigenvalue weighted by Crippen LogP contribution is 2.29. The van der Waals surface area contributed by atoms with E-state index in [2.05, 4.69) is 25.1 Å². The summed E-state index contributed by atoms with van der Waals surface area (Å²) in [4.78, 5) is 40.8. The number of hydrogen-bond acceptors (Lipinski definition) is 6. The van der Waals surface area contributed by atoms with Crippen LogP contribution in [0.3, 0.4) is 0 Å². The van der Waals surface area contributed by atoms with Crippen molar-refractivity contribution in [1.29, 1.82) is 0 Å². The first kappa shape index (κ1) is 20.6. The van der Waals surface area contributed by atoms with Gasteiger partial charge in [0.15, 0.2) is 0 Å². The Morgan fingerprint density at radius 3 is 2.66 bits per heavy atom. The zero-order chi connectivity index (χ0) is 22.1. The number of carbonyl (C=O) groups excluding carboxylic acids is 1. The van der Waals surface area contributed by atoms with Crippen LogP contribution < -0.4 is 15.8 Å². The molecule has 2 N–H and O–H groups in total. The van der Waals surface area contributed by atoms with Crippen LogP contribution in [0.5, 0.6) is 0 Å². The molecule has 4 heterocycles. The molecule has 0 bridgehead atoms. The first-order chi connectivity index (χ1) is 15.6. The van der Waals surface area contributed by atoms with Crippen LogP contribution in [-0.2, 0) is 0 Å². The molecule has 5 rings (SSSR count). The summed E-state index contributed by atoms with van der Waals surface area (Å²) in [7, 11) is 1.61. The maximum absolute atomic E-state index is 12.4.